The summed E-state index contributed by atoms with van der Waals surface area (Å²) in [6, 6.07) is 21.1. The number of rotatable bonds is 9. The van der Waals surface area contributed by atoms with Crippen molar-refractivity contribution in [3.63, 3.8) is 0 Å². The van der Waals surface area contributed by atoms with Crippen LogP contribution in [0.1, 0.15) is 15.9 Å². The fourth-order valence-corrected chi connectivity index (χ4v) is 3.68. The Labute approximate surface area is 225 Å². The van der Waals surface area contributed by atoms with Gasteiger partial charge in [-0.15, -0.1) is 4.68 Å². The molecule has 190 valence electrons. The van der Waals surface area contributed by atoms with E-state index in [0.29, 0.717) is 11.4 Å². The molecule has 3 aromatic carbocycles. The summed E-state index contributed by atoms with van der Waals surface area (Å²) >= 11 is 0. The van der Waals surface area contributed by atoms with Crippen molar-refractivity contribution in [3.05, 3.63) is 106 Å². The van der Waals surface area contributed by atoms with Crippen LogP contribution in [0.15, 0.2) is 90.3 Å². The minimum absolute atomic E-state index is 0. The number of benzene rings is 3. The number of hydrogen-bond acceptors (Lipinski definition) is 6. The van der Waals surface area contributed by atoms with Crippen LogP contribution in [0, 0.1) is 10.1 Å². The number of hydrogen-bond donors (Lipinski definition) is 0. The monoisotopic (exact) mass is 563 g/mol. The van der Waals surface area contributed by atoms with Crippen molar-refractivity contribution < 1.29 is 36.0 Å². The third-order valence-corrected chi connectivity index (χ3v) is 5.68. The molecule has 0 bridgehead atoms. The Morgan fingerprint density at radius 3 is 2.27 bits per heavy atom. The summed E-state index contributed by atoms with van der Waals surface area (Å²) in [5.41, 5.74) is 3.21. The third-order valence-electron chi connectivity index (χ3n) is 5.68. The van der Waals surface area contributed by atoms with Crippen molar-refractivity contribution in [2.45, 2.75) is 6.54 Å². The molecule has 4 rings (SSSR count). The van der Waals surface area contributed by atoms with Gasteiger partial charge in [0.15, 0.2) is 12.7 Å². The van der Waals surface area contributed by atoms with E-state index in [4.69, 9.17) is 4.74 Å². The molecule has 37 heavy (non-hydrogen) atoms. The molecule has 0 unspecified atom stereocenters. The summed E-state index contributed by atoms with van der Waals surface area (Å²) in [5, 5.41) is 15.6. The van der Waals surface area contributed by atoms with Gasteiger partial charge in [-0.05, 0) is 54.1 Å². The number of non-ortho nitro benzene ring substituents is 1. The second kappa shape index (κ2) is 12.1. The molecule has 0 saturated heterocycles. The van der Waals surface area contributed by atoms with E-state index < -0.39 is 4.92 Å². The normalized spacial score (nSPS) is 10.7. The number of anilines is 1. The molecule has 10 heteroatoms. The number of nitrogens with zero attached hydrogens (tertiary/aromatic N) is 5. The average molecular weight is 564 g/mol. The van der Waals surface area contributed by atoms with Crippen LogP contribution >= 0.6 is 0 Å². The molecule has 4 aromatic rings. The van der Waals surface area contributed by atoms with E-state index in [-0.39, 0.29) is 35.0 Å². The van der Waals surface area contributed by atoms with E-state index >= 15 is 0 Å². The molecular weight excluding hydrogens is 538 g/mol. The standard InChI is InChI=1S/C27H26N5O4.BrH/c1-29(2)23-10-4-20(5-11-23)18-28-31-17-16-30(27(31)22-8-14-25(36-3)15-9-22)19-26(33)21-6-12-24(13-7-21)32(34)35;/h4-18H,19H2,1-3H3;1H/q+1;/p-1. The number of nitro groups is 1. The number of ether oxygens (including phenoxy) is 1. The molecule has 0 N–H and O–H groups in total. The van der Waals surface area contributed by atoms with Crippen LogP contribution in [-0.2, 0) is 6.54 Å². The van der Waals surface area contributed by atoms with Crippen molar-refractivity contribution in [1.82, 2.24) is 4.68 Å². The van der Waals surface area contributed by atoms with Crippen LogP contribution in [0.3, 0.4) is 0 Å². The molecule has 1 heterocycles. The van der Waals surface area contributed by atoms with Crippen LogP contribution in [0.4, 0.5) is 11.4 Å². The Bertz CT molecular complexity index is 1400. The first-order chi connectivity index (χ1) is 17.4. The topological polar surface area (TPSA) is 93.8 Å². The highest BCUT2D eigenvalue weighted by atomic mass is 79.9. The Hall–Kier alpha value is -4.31. The summed E-state index contributed by atoms with van der Waals surface area (Å²) in [7, 11) is 5.58. The average Bonchev–Trinajstić information content (AvgIpc) is 3.29. The lowest BCUT2D eigenvalue weighted by atomic mass is 10.1. The number of carbonyl (C=O) groups excluding carboxylic acids is 1. The highest BCUT2D eigenvalue weighted by Crippen LogP contribution is 2.21. The van der Waals surface area contributed by atoms with Gasteiger partial charge in [0.05, 0.1) is 23.8 Å². The minimum atomic E-state index is -0.489. The highest BCUT2D eigenvalue weighted by molar-refractivity contribution is 5.95. The van der Waals surface area contributed by atoms with Crippen molar-refractivity contribution >= 4 is 23.4 Å². The largest absolute Gasteiger partial charge is 1.00 e. The van der Waals surface area contributed by atoms with E-state index in [1.807, 2.05) is 67.5 Å². The van der Waals surface area contributed by atoms with Crippen molar-refractivity contribution in [2.75, 3.05) is 26.1 Å². The fourth-order valence-electron chi connectivity index (χ4n) is 3.68. The quantitative estimate of drug-likeness (QED) is 0.100. The molecule has 0 atom stereocenters. The molecule has 0 amide bonds. The summed E-state index contributed by atoms with van der Waals surface area (Å²) in [5.74, 6) is 1.24. The molecule has 0 radical (unpaired) electrons. The Morgan fingerprint density at radius 1 is 1.05 bits per heavy atom. The molecule has 1 aromatic heterocycles. The molecular formula is C27H26BrN5O4. The maximum absolute atomic E-state index is 13.0. The molecule has 0 aliphatic carbocycles. The van der Waals surface area contributed by atoms with Gasteiger partial charge in [0.25, 0.3) is 5.69 Å². The van der Waals surface area contributed by atoms with Gasteiger partial charge in [-0.1, -0.05) is 17.2 Å². The van der Waals surface area contributed by atoms with Gasteiger partial charge in [-0.2, -0.15) is 0 Å². The predicted molar refractivity (Wildman–Crippen MR) is 138 cm³/mol. The first-order valence-corrected chi connectivity index (χ1v) is 11.2. The smallest absolute Gasteiger partial charge is 0.314 e. The first-order valence-electron chi connectivity index (χ1n) is 11.2. The SMILES string of the molecule is COc1ccc(-c2n(N=Cc3ccc(N(C)C)cc3)cc[n+]2CC(=O)c2ccc([N+](=O)[O-])cc2)cc1.[Br-]. The lowest BCUT2D eigenvalue weighted by Crippen LogP contribution is -3.00. The lowest BCUT2D eigenvalue weighted by molar-refractivity contribution is -0.671. The van der Waals surface area contributed by atoms with E-state index in [0.717, 1.165) is 22.6 Å². The second-order valence-corrected chi connectivity index (χ2v) is 8.28. The zero-order valence-electron chi connectivity index (χ0n) is 20.6. The van der Waals surface area contributed by atoms with Gasteiger partial charge in [0.1, 0.15) is 11.9 Å². The van der Waals surface area contributed by atoms with Crippen LogP contribution in [0.5, 0.6) is 5.75 Å². The van der Waals surface area contributed by atoms with E-state index in [9.17, 15) is 14.9 Å². The number of methoxy groups -OCH3 is 1. The van der Waals surface area contributed by atoms with E-state index in [2.05, 4.69) is 5.10 Å². The van der Waals surface area contributed by atoms with Crippen LogP contribution in [0.2, 0.25) is 0 Å². The zero-order chi connectivity index (χ0) is 25.7. The number of nitro benzene ring substituents is 1. The zero-order valence-corrected chi connectivity index (χ0v) is 22.2. The number of ketones is 1. The van der Waals surface area contributed by atoms with Crippen molar-refractivity contribution in [2.24, 2.45) is 5.10 Å². The summed E-state index contributed by atoms with van der Waals surface area (Å²) in [6.45, 7) is 0.0409. The van der Waals surface area contributed by atoms with Crippen LogP contribution in [-0.4, -0.2) is 42.8 Å². The van der Waals surface area contributed by atoms with Crippen LogP contribution in [0.25, 0.3) is 11.4 Å². The second-order valence-electron chi connectivity index (χ2n) is 8.28. The van der Waals surface area contributed by atoms with Gasteiger partial charge in [-0.3, -0.25) is 14.9 Å². The number of Topliss-reactive ketones (excluding diaryl/α,β-unsaturated/α-hetero) is 1. The maximum atomic E-state index is 13.0. The molecule has 0 fully saturated rings. The van der Waals surface area contributed by atoms with Crippen molar-refractivity contribution in [1.29, 1.82) is 0 Å². The minimum Gasteiger partial charge on any atom is -1.00 e. The highest BCUT2D eigenvalue weighted by Gasteiger charge is 2.23. The van der Waals surface area contributed by atoms with Gasteiger partial charge in [0, 0.05) is 37.5 Å². The number of halogens is 1. The Morgan fingerprint density at radius 2 is 1.70 bits per heavy atom. The van der Waals surface area contributed by atoms with Gasteiger partial charge >= 0.3 is 5.82 Å². The predicted octanol–water partition coefficient (Wildman–Crippen LogP) is 1.19. The Kier molecular flexibility index (Phi) is 8.91. The number of carbonyl (C=O) groups is 1. The fraction of sp³-hybridized carbons (Fsp3) is 0.148. The third kappa shape index (κ3) is 6.47. The molecule has 0 saturated carbocycles. The molecule has 0 spiro atoms. The summed E-state index contributed by atoms with van der Waals surface area (Å²) in [6.07, 6.45) is 5.33. The Balaban J connectivity index is 0.00000380. The molecule has 9 nitrogen and oxygen atoms in total. The van der Waals surface area contributed by atoms with E-state index in [1.165, 1.54) is 24.3 Å². The van der Waals surface area contributed by atoms with Crippen LogP contribution < -0.4 is 31.2 Å². The van der Waals surface area contributed by atoms with E-state index in [1.54, 1.807) is 35.0 Å². The van der Waals surface area contributed by atoms with Gasteiger partial charge in [-0.25, -0.2) is 4.57 Å². The summed E-state index contributed by atoms with van der Waals surface area (Å²) < 4.78 is 8.80. The number of aromatic nitrogens is 2. The maximum Gasteiger partial charge on any atom is 0.314 e. The first kappa shape index (κ1) is 27.3. The van der Waals surface area contributed by atoms with Gasteiger partial charge in [0.2, 0.25) is 5.78 Å². The number of imidazole rings is 1. The lowest BCUT2D eigenvalue weighted by Gasteiger charge is -2.11. The molecule has 0 aliphatic rings. The van der Waals surface area contributed by atoms with Gasteiger partial charge < -0.3 is 26.6 Å². The molecule has 0 aliphatic heterocycles. The summed E-state index contributed by atoms with van der Waals surface area (Å²) in [4.78, 5) is 25.5. The van der Waals surface area contributed by atoms with Crippen molar-refractivity contribution in [3.8, 4) is 17.1 Å².